The molecule has 162 valence electrons. The van der Waals surface area contributed by atoms with Crippen LogP contribution >= 0.6 is 0 Å². The van der Waals surface area contributed by atoms with Crippen LogP contribution in [0.1, 0.15) is 44.1 Å². The maximum atomic E-state index is 12.5. The first-order valence-corrected chi connectivity index (χ1v) is 10.3. The van der Waals surface area contributed by atoms with Gasteiger partial charge in [0.05, 0.1) is 0 Å². The second-order valence-corrected chi connectivity index (χ2v) is 8.13. The van der Waals surface area contributed by atoms with Gasteiger partial charge in [-0.2, -0.15) is 0 Å². The summed E-state index contributed by atoms with van der Waals surface area (Å²) in [5.74, 6) is -1.10. The number of rotatable bonds is 8. The second kappa shape index (κ2) is 9.47. The van der Waals surface area contributed by atoms with Gasteiger partial charge in [-0.25, -0.2) is 4.79 Å². The first-order valence-electron chi connectivity index (χ1n) is 10.3. The molecule has 1 aromatic heterocycles. The summed E-state index contributed by atoms with van der Waals surface area (Å²) >= 11 is 0. The smallest absolute Gasteiger partial charge is 0.352 e. The van der Waals surface area contributed by atoms with E-state index in [4.69, 9.17) is 0 Å². The van der Waals surface area contributed by atoms with E-state index in [0.29, 0.717) is 28.6 Å². The lowest BCUT2D eigenvalue weighted by molar-refractivity contribution is -0.122. The summed E-state index contributed by atoms with van der Waals surface area (Å²) in [4.78, 5) is 39.1. The van der Waals surface area contributed by atoms with E-state index in [2.05, 4.69) is 15.6 Å². The molecule has 31 heavy (non-hydrogen) atoms. The molecule has 1 heterocycles. The number of aromatic carboxylic acids is 1. The Balaban J connectivity index is 1.80. The van der Waals surface area contributed by atoms with Crippen molar-refractivity contribution in [1.82, 2.24) is 10.3 Å². The average molecular weight is 421 g/mol. The van der Waals surface area contributed by atoms with Gasteiger partial charge in [0.25, 0.3) is 0 Å². The zero-order chi connectivity index (χ0) is 22.5. The van der Waals surface area contributed by atoms with Gasteiger partial charge in [0.15, 0.2) is 0 Å². The Morgan fingerprint density at radius 1 is 0.968 bits per heavy atom. The van der Waals surface area contributed by atoms with Crippen LogP contribution in [0.15, 0.2) is 48.5 Å². The zero-order valence-corrected chi connectivity index (χ0v) is 17.9. The number of hydrogen-bond donors (Lipinski definition) is 4. The second-order valence-electron chi connectivity index (χ2n) is 8.13. The van der Waals surface area contributed by atoms with Crippen LogP contribution in [-0.4, -0.2) is 33.9 Å². The van der Waals surface area contributed by atoms with Gasteiger partial charge < -0.3 is 20.7 Å². The van der Waals surface area contributed by atoms with E-state index in [1.807, 2.05) is 44.2 Å². The van der Waals surface area contributed by atoms with E-state index in [1.165, 1.54) is 0 Å². The van der Waals surface area contributed by atoms with Crippen LogP contribution in [0.3, 0.4) is 0 Å². The minimum absolute atomic E-state index is 0.0715. The number of hydrogen-bond acceptors (Lipinski definition) is 3. The maximum Gasteiger partial charge on any atom is 0.352 e. The third kappa shape index (κ3) is 5.51. The van der Waals surface area contributed by atoms with Crippen LogP contribution in [0, 0.1) is 5.92 Å². The Bertz CT molecular complexity index is 1100. The molecule has 0 radical (unpaired) electrons. The number of carbonyl (C=O) groups excluding carboxylic acids is 2. The molecule has 0 bridgehead atoms. The Labute approximate surface area is 180 Å². The van der Waals surface area contributed by atoms with E-state index in [0.717, 1.165) is 5.56 Å². The van der Waals surface area contributed by atoms with Gasteiger partial charge in [-0.3, -0.25) is 9.59 Å². The van der Waals surface area contributed by atoms with Crippen molar-refractivity contribution >= 4 is 34.4 Å². The predicted molar refractivity (Wildman–Crippen MR) is 121 cm³/mol. The molecule has 0 fully saturated rings. The fourth-order valence-electron chi connectivity index (χ4n) is 3.58. The fraction of sp³-hybridized carbons (Fsp3) is 0.292. The molecular formula is C24H27N3O4. The number of carboxylic acids is 1. The standard InChI is InChI=1S/C24H27N3O4/c1-14(2)11-20(28)25-15(3)12-21(29)26-17-9-10-19-18(13-17)22(23(27-19)24(30)31)16-7-5-4-6-8-16/h4-10,13-15,27H,11-12H2,1-3H3,(H,25,28)(H,26,29)(H,30,31). The largest absolute Gasteiger partial charge is 0.477 e. The van der Waals surface area contributed by atoms with Gasteiger partial charge in [-0.15, -0.1) is 0 Å². The van der Waals surface area contributed by atoms with Crippen molar-refractivity contribution in [3.8, 4) is 11.1 Å². The molecule has 0 aliphatic heterocycles. The van der Waals surface area contributed by atoms with E-state index in [-0.39, 0.29) is 35.9 Å². The average Bonchev–Trinajstić information content (AvgIpc) is 3.06. The molecule has 7 nitrogen and oxygen atoms in total. The van der Waals surface area contributed by atoms with Crippen molar-refractivity contribution in [1.29, 1.82) is 0 Å². The Hall–Kier alpha value is -3.61. The van der Waals surface area contributed by atoms with E-state index in [1.54, 1.807) is 25.1 Å². The molecule has 2 amide bonds. The molecule has 0 saturated heterocycles. The zero-order valence-electron chi connectivity index (χ0n) is 17.9. The van der Waals surface area contributed by atoms with Crippen LogP contribution in [-0.2, 0) is 9.59 Å². The number of amides is 2. The first kappa shape index (κ1) is 22.1. The Kier molecular flexibility index (Phi) is 6.74. The monoisotopic (exact) mass is 421 g/mol. The molecule has 1 atom stereocenters. The minimum atomic E-state index is -1.05. The molecule has 0 aliphatic rings. The molecular weight excluding hydrogens is 394 g/mol. The molecule has 3 rings (SSSR count). The van der Waals surface area contributed by atoms with E-state index >= 15 is 0 Å². The number of carboxylic acid groups (broad SMARTS) is 1. The number of H-pyrrole nitrogens is 1. The summed E-state index contributed by atoms with van der Waals surface area (Å²) in [5.41, 5.74) is 2.69. The number of aromatic amines is 1. The van der Waals surface area contributed by atoms with Crippen molar-refractivity contribution in [2.24, 2.45) is 5.92 Å². The fourth-order valence-corrected chi connectivity index (χ4v) is 3.58. The number of carbonyl (C=O) groups is 3. The highest BCUT2D eigenvalue weighted by Crippen LogP contribution is 2.34. The molecule has 7 heteroatoms. The molecule has 0 aliphatic carbocycles. The summed E-state index contributed by atoms with van der Waals surface area (Å²) in [5, 5.41) is 16.0. The molecule has 4 N–H and O–H groups in total. The lowest BCUT2D eigenvalue weighted by Gasteiger charge is -2.15. The number of anilines is 1. The molecule has 0 spiro atoms. The Morgan fingerprint density at radius 2 is 1.68 bits per heavy atom. The molecule has 2 aromatic carbocycles. The van der Waals surface area contributed by atoms with Crippen LogP contribution in [0.5, 0.6) is 0 Å². The summed E-state index contributed by atoms with van der Waals surface area (Å²) in [6.07, 6.45) is 0.561. The summed E-state index contributed by atoms with van der Waals surface area (Å²) < 4.78 is 0. The van der Waals surface area contributed by atoms with Gasteiger partial charge >= 0.3 is 5.97 Å². The number of aromatic nitrogens is 1. The highest BCUT2D eigenvalue weighted by atomic mass is 16.4. The number of fused-ring (bicyclic) bond motifs is 1. The normalized spacial score (nSPS) is 12.0. The van der Waals surface area contributed by atoms with E-state index < -0.39 is 5.97 Å². The third-order valence-electron chi connectivity index (χ3n) is 4.85. The van der Waals surface area contributed by atoms with Crippen LogP contribution in [0.2, 0.25) is 0 Å². The number of benzene rings is 2. The van der Waals surface area contributed by atoms with Crippen molar-refractivity contribution in [3.63, 3.8) is 0 Å². The first-order chi connectivity index (χ1) is 14.7. The highest BCUT2D eigenvalue weighted by molar-refractivity contribution is 6.08. The van der Waals surface area contributed by atoms with Gasteiger partial charge in [0.1, 0.15) is 5.69 Å². The van der Waals surface area contributed by atoms with Gasteiger partial charge in [-0.1, -0.05) is 44.2 Å². The maximum absolute atomic E-state index is 12.5. The van der Waals surface area contributed by atoms with Crippen LogP contribution in [0.4, 0.5) is 5.69 Å². The topological polar surface area (TPSA) is 111 Å². The van der Waals surface area contributed by atoms with Gasteiger partial charge in [0, 0.05) is 41.0 Å². The number of nitrogens with one attached hydrogen (secondary N) is 3. The summed E-state index contributed by atoms with van der Waals surface area (Å²) in [6.45, 7) is 5.72. The minimum Gasteiger partial charge on any atom is -0.477 e. The van der Waals surface area contributed by atoms with Crippen LogP contribution in [0.25, 0.3) is 22.0 Å². The molecule has 0 saturated carbocycles. The lowest BCUT2D eigenvalue weighted by atomic mass is 10.0. The highest BCUT2D eigenvalue weighted by Gasteiger charge is 2.19. The quantitative estimate of drug-likeness (QED) is 0.432. The molecule has 1 unspecified atom stereocenters. The van der Waals surface area contributed by atoms with Crippen molar-refractivity contribution < 1.29 is 19.5 Å². The molecule has 3 aromatic rings. The van der Waals surface area contributed by atoms with Crippen molar-refractivity contribution in [2.75, 3.05) is 5.32 Å². The SMILES string of the molecule is CC(C)CC(=O)NC(C)CC(=O)Nc1ccc2[nH]c(C(=O)O)c(-c3ccccc3)c2c1. The van der Waals surface area contributed by atoms with Crippen molar-refractivity contribution in [3.05, 3.63) is 54.2 Å². The van der Waals surface area contributed by atoms with Crippen molar-refractivity contribution in [2.45, 2.75) is 39.7 Å². The van der Waals surface area contributed by atoms with E-state index in [9.17, 15) is 19.5 Å². The summed E-state index contributed by atoms with van der Waals surface area (Å²) in [7, 11) is 0. The predicted octanol–water partition coefficient (Wildman–Crippen LogP) is 4.41. The van der Waals surface area contributed by atoms with Gasteiger partial charge in [0.2, 0.25) is 11.8 Å². The Morgan fingerprint density at radius 3 is 2.32 bits per heavy atom. The summed E-state index contributed by atoms with van der Waals surface area (Å²) in [6, 6.07) is 14.2. The van der Waals surface area contributed by atoms with Gasteiger partial charge in [-0.05, 0) is 36.6 Å². The van der Waals surface area contributed by atoms with Crippen LogP contribution < -0.4 is 10.6 Å². The third-order valence-corrected chi connectivity index (χ3v) is 4.85. The lowest BCUT2D eigenvalue weighted by Crippen LogP contribution is -2.35.